The van der Waals surface area contributed by atoms with E-state index in [1.165, 1.54) is 0 Å². The van der Waals surface area contributed by atoms with E-state index < -0.39 is 7.82 Å². The van der Waals surface area contributed by atoms with Crippen molar-refractivity contribution in [1.29, 1.82) is 0 Å². The number of hydrogen-bond donors (Lipinski definition) is 0. The number of phosphoric ester groups is 1. The van der Waals surface area contributed by atoms with E-state index in [0.29, 0.717) is 13.2 Å². The molecule has 0 aliphatic heterocycles. The molecule has 7 heteroatoms. The summed E-state index contributed by atoms with van der Waals surface area (Å²) in [7, 11) is -3.31. The minimum Gasteiger partial charge on any atom is -0.287 e. The molecule has 0 aromatic rings. The van der Waals surface area contributed by atoms with Crippen molar-refractivity contribution in [3.8, 4) is 0 Å². The summed E-state index contributed by atoms with van der Waals surface area (Å²) < 4.78 is 26.7. The third-order valence-electron chi connectivity index (χ3n) is 1.23. The molecular weight excluding hydrogens is 255 g/mol. The molecule has 0 saturated heterocycles. The molecule has 0 heterocycles. The highest BCUT2D eigenvalue weighted by Crippen LogP contribution is 2.52. The van der Waals surface area contributed by atoms with Gasteiger partial charge in [-0.1, -0.05) is 6.92 Å². The monoisotopic (exact) mass is 274 g/mol. The van der Waals surface area contributed by atoms with Crippen molar-refractivity contribution in [3.05, 3.63) is 0 Å². The van der Waals surface area contributed by atoms with Crippen LogP contribution in [0.25, 0.3) is 0 Å². The Bertz CT molecular complexity index is 181. The average molecular weight is 274 g/mol. The summed E-state index contributed by atoms with van der Waals surface area (Å²) in [6.45, 7) is 6.25. The highest BCUT2D eigenvalue weighted by atomic mass is 32.2. The van der Waals surface area contributed by atoms with E-state index in [2.05, 4.69) is 6.92 Å². The zero-order valence-corrected chi connectivity index (χ0v) is 12.0. The summed E-state index contributed by atoms with van der Waals surface area (Å²) in [4.78, 5) is 0. The maximum Gasteiger partial charge on any atom is 0.485 e. The van der Waals surface area contributed by atoms with Crippen LogP contribution in [-0.4, -0.2) is 30.5 Å². The van der Waals surface area contributed by atoms with Crippen molar-refractivity contribution in [2.24, 2.45) is 0 Å². The van der Waals surface area contributed by atoms with Crippen LogP contribution in [0.3, 0.4) is 0 Å². The molecule has 15 heavy (non-hydrogen) atoms. The Morgan fingerprint density at radius 3 is 2.13 bits per heavy atom. The molecule has 0 rings (SSSR count). The molecule has 0 spiro atoms. The summed E-state index contributed by atoms with van der Waals surface area (Å²) in [5.74, 6) is 2.83. The van der Waals surface area contributed by atoms with E-state index in [-0.39, 0.29) is 0 Å². The van der Waals surface area contributed by atoms with Gasteiger partial charge in [-0.2, -0.15) is 11.8 Å². The van der Waals surface area contributed by atoms with E-state index in [1.807, 2.05) is 11.8 Å². The third kappa shape index (κ3) is 8.60. The second-order valence-electron chi connectivity index (χ2n) is 2.38. The normalized spacial score (nSPS) is 11.9. The molecule has 0 aromatic carbocycles. The van der Waals surface area contributed by atoms with Crippen LogP contribution in [0.1, 0.15) is 20.8 Å². The Morgan fingerprint density at radius 1 is 1.07 bits per heavy atom. The Balaban J connectivity index is 3.71. The minimum absolute atomic E-state index is 0.321. The summed E-state index contributed by atoms with van der Waals surface area (Å²) in [6, 6.07) is 0. The first-order valence-corrected chi connectivity index (χ1v) is 8.49. The first kappa shape index (κ1) is 15.8. The molecule has 0 unspecified atom stereocenters. The lowest BCUT2D eigenvalue weighted by Gasteiger charge is -2.14. The smallest absolute Gasteiger partial charge is 0.287 e. The van der Waals surface area contributed by atoms with Crippen LogP contribution in [0.2, 0.25) is 0 Å². The molecule has 0 aliphatic carbocycles. The quantitative estimate of drug-likeness (QED) is 0.344. The van der Waals surface area contributed by atoms with Gasteiger partial charge in [0.15, 0.2) is 0 Å². The van der Waals surface area contributed by atoms with Gasteiger partial charge in [0, 0.05) is 23.5 Å². The highest BCUT2D eigenvalue weighted by Gasteiger charge is 2.25. The molecule has 0 N–H and O–H groups in total. The van der Waals surface area contributed by atoms with Crippen molar-refractivity contribution in [1.82, 2.24) is 0 Å². The summed E-state index contributed by atoms with van der Waals surface area (Å²) in [5.41, 5.74) is 0. The largest absolute Gasteiger partial charge is 0.485 e. The maximum absolute atomic E-state index is 11.8. The van der Waals surface area contributed by atoms with Crippen molar-refractivity contribution >= 4 is 31.6 Å². The van der Waals surface area contributed by atoms with E-state index >= 15 is 0 Å². The van der Waals surface area contributed by atoms with Crippen LogP contribution in [0.15, 0.2) is 0 Å². The highest BCUT2D eigenvalue weighted by molar-refractivity contribution is 8.02. The second kappa shape index (κ2) is 10.00. The predicted octanol–water partition coefficient (Wildman–Crippen LogP) is 3.59. The van der Waals surface area contributed by atoms with Gasteiger partial charge in [-0.3, -0.25) is 9.05 Å². The van der Waals surface area contributed by atoms with Gasteiger partial charge in [0.2, 0.25) is 0 Å². The fourth-order valence-electron chi connectivity index (χ4n) is 0.736. The lowest BCUT2D eigenvalue weighted by molar-refractivity contribution is 0.175. The Hall–Kier alpha value is 0.810. The van der Waals surface area contributed by atoms with Crippen molar-refractivity contribution in [3.63, 3.8) is 0 Å². The third-order valence-corrected chi connectivity index (χ3v) is 5.06. The SMILES string of the molecule is CCOP(=O)(OCC)OSCCSCC. The topological polar surface area (TPSA) is 44.8 Å². The van der Waals surface area contributed by atoms with Crippen LogP contribution < -0.4 is 0 Å². The summed E-state index contributed by atoms with van der Waals surface area (Å²) >= 11 is 2.96. The van der Waals surface area contributed by atoms with Gasteiger partial charge in [0.25, 0.3) is 0 Å². The molecule has 0 fully saturated rings. The van der Waals surface area contributed by atoms with Crippen LogP contribution in [0.4, 0.5) is 0 Å². The molecule has 0 atom stereocenters. The number of phosphoric acid groups is 1. The average Bonchev–Trinajstić information content (AvgIpc) is 2.18. The van der Waals surface area contributed by atoms with Gasteiger partial charge in [0.1, 0.15) is 0 Å². The van der Waals surface area contributed by atoms with E-state index in [9.17, 15) is 4.57 Å². The Morgan fingerprint density at radius 2 is 1.67 bits per heavy atom. The molecule has 0 bridgehead atoms. The maximum atomic E-state index is 11.8. The molecule has 0 amide bonds. The first-order valence-electron chi connectivity index (χ1n) is 4.96. The zero-order chi connectivity index (χ0) is 11.6. The van der Waals surface area contributed by atoms with Crippen LogP contribution in [0, 0.1) is 0 Å². The van der Waals surface area contributed by atoms with Gasteiger partial charge >= 0.3 is 7.82 Å². The summed E-state index contributed by atoms with van der Waals surface area (Å²) in [6.07, 6.45) is 0. The lowest BCUT2D eigenvalue weighted by Crippen LogP contribution is -1.97. The predicted molar refractivity (Wildman–Crippen MR) is 67.4 cm³/mol. The number of thioether (sulfide) groups is 1. The zero-order valence-electron chi connectivity index (χ0n) is 9.43. The lowest BCUT2D eigenvalue weighted by atomic mass is 10.9. The Labute approximate surface area is 101 Å². The van der Waals surface area contributed by atoms with Crippen LogP contribution >= 0.6 is 31.6 Å². The van der Waals surface area contributed by atoms with E-state index in [1.54, 1.807) is 13.8 Å². The molecule has 0 saturated carbocycles. The van der Waals surface area contributed by atoms with Crippen molar-refractivity contribution < 1.29 is 17.6 Å². The van der Waals surface area contributed by atoms with Crippen molar-refractivity contribution in [2.75, 3.05) is 30.5 Å². The number of rotatable bonds is 10. The van der Waals surface area contributed by atoms with E-state index in [4.69, 9.17) is 13.0 Å². The van der Waals surface area contributed by atoms with Gasteiger partial charge in [-0.15, -0.1) is 0 Å². The molecule has 0 aliphatic rings. The Kier molecular flexibility index (Phi) is 10.5. The standard InChI is InChI=1S/C8H19O4PS2/c1-4-10-13(9,11-5-2)12-15-8-7-14-6-3/h4-8H2,1-3H3. The molecule has 0 aromatic heterocycles. The number of hydrogen-bond acceptors (Lipinski definition) is 6. The fourth-order valence-corrected chi connectivity index (χ4v) is 3.63. The van der Waals surface area contributed by atoms with E-state index in [0.717, 1.165) is 29.3 Å². The van der Waals surface area contributed by atoms with Crippen LogP contribution in [0.5, 0.6) is 0 Å². The van der Waals surface area contributed by atoms with Gasteiger partial charge in [-0.05, 0) is 19.6 Å². The minimum atomic E-state index is -3.31. The summed E-state index contributed by atoms with van der Waals surface area (Å²) in [5, 5.41) is 0. The van der Waals surface area contributed by atoms with Gasteiger partial charge < -0.3 is 0 Å². The fraction of sp³-hybridized carbons (Fsp3) is 1.00. The van der Waals surface area contributed by atoms with Crippen molar-refractivity contribution in [2.45, 2.75) is 20.8 Å². The van der Waals surface area contributed by atoms with Gasteiger partial charge in [0.05, 0.1) is 13.2 Å². The van der Waals surface area contributed by atoms with Crippen LogP contribution in [-0.2, 0) is 17.6 Å². The molecule has 0 radical (unpaired) electrons. The molecular formula is C8H19O4PS2. The first-order chi connectivity index (χ1) is 7.18. The second-order valence-corrected chi connectivity index (χ2v) is 6.42. The molecule has 92 valence electrons. The van der Waals surface area contributed by atoms with Gasteiger partial charge in [-0.25, -0.2) is 8.54 Å². The molecule has 4 nitrogen and oxygen atoms in total.